The van der Waals surface area contributed by atoms with E-state index in [9.17, 15) is 9.59 Å². The third-order valence-corrected chi connectivity index (χ3v) is 4.97. The number of benzene rings is 1. The van der Waals surface area contributed by atoms with Crippen LogP contribution in [0.2, 0.25) is 0 Å². The number of piperidine rings is 1. The van der Waals surface area contributed by atoms with Crippen LogP contribution in [0.1, 0.15) is 47.3 Å². The molecule has 3 aromatic rings. The van der Waals surface area contributed by atoms with Crippen molar-refractivity contribution < 1.29 is 18.4 Å². The van der Waals surface area contributed by atoms with Gasteiger partial charge in [-0.05, 0) is 36.4 Å². The van der Waals surface area contributed by atoms with Crippen molar-refractivity contribution in [2.45, 2.75) is 25.4 Å². The summed E-state index contributed by atoms with van der Waals surface area (Å²) in [6, 6.07) is 15.3. The van der Waals surface area contributed by atoms with Crippen LogP contribution in [0.25, 0.3) is 0 Å². The Morgan fingerprint density at radius 1 is 0.962 bits per heavy atom. The van der Waals surface area contributed by atoms with E-state index in [2.05, 4.69) is 0 Å². The first-order valence-electron chi connectivity index (χ1n) is 8.64. The van der Waals surface area contributed by atoms with Crippen molar-refractivity contribution in [1.82, 2.24) is 4.90 Å². The van der Waals surface area contributed by atoms with Gasteiger partial charge in [-0.3, -0.25) is 9.59 Å². The summed E-state index contributed by atoms with van der Waals surface area (Å²) in [7, 11) is 0. The molecule has 0 saturated carbocycles. The van der Waals surface area contributed by atoms with Crippen LogP contribution in [-0.2, 0) is 4.79 Å². The Bertz CT molecular complexity index is 884. The molecular formula is C21H19NO4. The first kappa shape index (κ1) is 16.4. The molecule has 0 N–H and O–H groups in total. The zero-order chi connectivity index (χ0) is 18.1. The monoisotopic (exact) mass is 349 g/mol. The molecule has 1 aromatic carbocycles. The number of carbonyl (C=O) groups is 2. The molecule has 0 aliphatic carbocycles. The summed E-state index contributed by atoms with van der Waals surface area (Å²) in [4.78, 5) is 27.8. The van der Waals surface area contributed by atoms with Crippen molar-refractivity contribution in [1.29, 1.82) is 0 Å². The summed E-state index contributed by atoms with van der Waals surface area (Å²) < 4.78 is 11.2. The van der Waals surface area contributed by atoms with Crippen LogP contribution in [0.5, 0.6) is 0 Å². The first-order valence-corrected chi connectivity index (χ1v) is 8.64. The lowest BCUT2D eigenvalue weighted by molar-refractivity contribution is -0.130. The summed E-state index contributed by atoms with van der Waals surface area (Å²) in [5.41, 5.74) is 0.571. The van der Waals surface area contributed by atoms with Crippen molar-refractivity contribution >= 4 is 11.7 Å². The molecule has 3 unspecified atom stereocenters. The molecule has 1 aliphatic heterocycles. The predicted octanol–water partition coefficient (Wildman–Crippen LogP) is 4.41. The maximum Gasteiger partial charge on any atom is 0.255 e. The Kier molecular flexibility index (Phi) is 4.21. The minimum atomic E-state index is -0.478. The van der Waals surface area contributed by atoms with Gasteiger partial charge < -0.3 is 13.7 Å². The summed E-state index contributed by atoms with van der Waals surface area (Å²) >= 11 is 0. The second-order valence-corrected chi connectivity index (χ2v) is 6.53. The highest BCUT2D eigenvalue weighted by atomic mass is 16.3. The number of rotatable bonds is 3. The van der Waals surface area contributed by atoms with E-state index >= 15 is 0 Å². The Morgan fingerprint density at radius 2 is 1.62 bits per heavy atom. The predicted molar refractivity (Wildman–Crippen MR) is 94.3 cm³/mol. The molecule has 3 atom stereocenters. The maximum absolute atomic E-state index is 13.4. The molecule has 4 rings (SSSR count). The number of likely N-dealkylation sites (tertiary alicyclic amines) is 1. The van der Waals surface area contributed by atoms with Crippen molar-refractivity contribution in [3.05, 3.63) is 84.2 Å². The lowest BCUT2D eigenvalue weighted by atomic mass is 9.83. The Balaban J connectivity index is 1.83. The van der Waals surface area contributed by atoms with E-state index in [1.807, 2.05) is 31.2 Å². The fraction of sp³-hybridized carbons (Fsp3) is 0.238. The zero-order valence-corrected chi connectivity index (χ0v) is 14.4. The van der Waals surface area contributed by atoms with Crippen LogP contribution in [0.15, 0.2) is 76.0 Å². The molecule has 3 heterocycles. The van der Waals surface area contributed by atoms with Gasteiger partial charge in [-0.25, -0.2) is 0 Å². The third-order valence-electron chi connectivity index (χ3n) is 4.97. The van der Waals surface area contributed by atoms with E-state index in [1.54, 1.807) is 47.8 Å². The molecular weight excluding hydrogens is 330 g/mol. The van der Waals surface area contributed by atoms with Crippen molar-refractivity contribution in [2.75, 3.05) is 0 Å². The molecule has 1 saturated heterocycles. The summed E-state index contributed by atoms with van der Waals surface area (Å²) in [5.74, 6) is 0.787. The minimum Gasteiger partial charge on any atom is -0.467 e. The fourth-order valence-electron chi connectivity index (χ4n) is 3.64. The SMILES string of the molecule is CC1C(=O)CC(c2ccco2)N(C(=O)c2ccccc2)C1c1ccco1. The smallest absolute Gasteiger partial charge is 0.255 e. The van der Waals surface area contributed by atoms with Crippen molar-refractivity contribution in [3.8, 4) is 0 Å². The number of carbonyl (C=O) groups excluding carboxylic acids is 2. The van der Waals surface area contributed by atoms with Crippen LogP contribution < -0.4 is 0 Å². The van der Waals surface area contributed by atoms with Gasteiger partial charge in [-0.15, -0.1) is 0 Å². The van der Waals surface area contributed by atoms with Crippen LogP contribution in [0, 0.1) is 5.92 Å². The molecule has 26 heavy (non-hydrogen) atoms. The van der Waals surface area contributed by atoms with E-state index in [-0.39, 0.29) is 24.0 Å². The standard InChI is InChI=1S/C21H19NO4/c1-14-17(23)13-16(18-9-5-11-25-18)22(20(14)19-10-6-12-26-19)21(24)15-7-3-2-4-8-15/h2-12,14,16,20H,13H2,1H3. The van der Waals surface area contributed by atoms with E-state index in [0.717, 1.165) is 0 Å². The molecule has 0 radical (unpaired) electrons. The third kappa shape index (κ3) is 2.75. The van der Waals surface area contributed by atoms with Crippen molar-refractivity contribution in [3.63, 3.8) is 0 Å². The average molecular weight is 349 g/mol. The highest BCUT2D eigenvalue weighted by molar-refractivity contribution is 5.96. The fourth-order valence-corrected chi connectivity index (χ4v) is 3.64. The highest BCUT2D eigenvalue weighted by Gasteiger charge is 2.46. The second-order valence-electron chi connectivity index (χ2n) is 6.53. The molecule has 1 fully saturated rings. The van der Waals surface area contributed by atoms with Gasteiger partial charge in [-0.1, -0.05) is 25.1 Å². The lowest BCUT2D eigenvalue weighted by Crippen LogP contribution is -2.47. The molecule has 1 amide bonds. The highest BCUT2D eigenvalue weighted by Crippen LogP contribution is 2.44. The van der Waals surface area contributed by atoms with Gasteiger partial charge in [0.05, 0.1) is 18.6 Å². The second kappa shape index (κ2) is 6.67. The maximum atomic E-state index is 13.4. The number of ketones is 1. The quantitative estimate of drug-likeness (QED) is 0.703. The van der Waals surface area contributed by atoms with Gasteiger partial charge in [-0.2, -0.15) is 0 Å². The largest absolute Gasteiger partial charge is 0.467 e. The Labute approximate surface area is 151 Å². The summed E-state index contributed by atoms with van der Waals surface area (Å²) in [6.07, 6.45) is 3.35. The number of hydrogen-bond donors (Lipinski definition) is 0. The molecule has 132 valence electrons. The van der Waals surface area contributed by atoms with E-state index < -0.39 is 12.1 Å². The van der Waals surface area contributed by atoms with Crippen LogP contribution in [0.4, 0.5) is 0 Å². The van der Waals surface area contributed by atoms with Gasteiger partial charge in [0.1, 0.15) is 23.3 Å². The van der Waals surface area contributed by atoms with Gasteiger partial charge in [0.25, 0.3) is 5.91 Å². The Morgan fingerprint density at radius 3 is 2.23 bits per heavy atom. The first-order chi connectivity index (χ1) is 12.7. The molecule has 2 aromatic heterocycles. The number of amides is 1. The van der Waals surface area contributed by atoms with Gasteiger partial charge >= 0.3 is 0 Å². The van der Waals surface area contributed by atoms with Crippen LogP contribution in [0.3, 0.4) is 0 Å². The van der Waals surface area contributed by atoms with E-state index in [0.29, 0.717) is 17.1 Å². The molecule has 1 aliphatic rings. The summed E-state index contributed by atoms with van der Waals surface area (Å²) in [5, 5.41) is 0. The zero-order valence-electron chi connectivity index (χ0n) is 14.4. The minimum absolute atomic E-state index is 0.0879. The van der Waals surface area contributed by atoms with Crippen molar-refractivity contribution in [2.24, 2.45) is 5.92 Å². The summed E-state index contributed by atoms with van der Waals surface area (Å²) in [6.45, 7) is 1.85. The molecule has 5 nitrogen and oxygen atoms in total. The topological polar surface area (TPSA) is 63.7 Å². The van der Waals surface area contributed by atoms with E-state index in [1.165, 1.54) is 0 Å². The lowest BCUT2D eigenvalue weighted by Gasteiger charge is -2.43. The van der Waals surface area contributed by atoms with Crippen LogP contribution >= 0.6 is 0 Å². The number of nitrogens with zero attached hydrogens (tertiary/aromatic N) is 1. The molecule has 0 bridgehead atoms. The van der Waals surface area contributed by atoms with Crippen LogP contribution in [-0.4, -0.2) is 16.6 Å². The normalized spacial score (nSPS) is 23.2. The van der Waals surface area contributed by atoms with Gasteiger partial charge in [0.15, 0.2) is 0 Å². The molecule has 0 spiro atoms. The number of furan rings is 2. The van der Waals surface area contributed by atoms with Gasteiger partial charge in [0.2, 0.25) is 0 Å². The molecule has 5 heteroatoms. The number of Topliss-reactive ketones (excluding diaryl/α,β-unsaturated/α-hetero) is 1. The van der Waals surface area contributed by atoms with Gasteiger partial charge in [0, 0.05) is 17.9 Å². The van der Waals surface area contributed by atoms with E-state index in [4.69, 9.17) is 8.83 Å². The Hall–Kier alpha value is -3.08. The average Bonchev–Trinajstić information content (AvgIpc) is 3.37. The number of hydrogen-bond acceptors (Lipinski definition) is 4.